The van der Waals surface area contributed by atoms with Crippen LogP contribution in [0.15, 0.2) is 29.3 Å². The van der Waals surface area contributed by atoms with Crippen molar-refractivity contribution in [2.75, 3.05) is 0 Å². The second kappa shape index (κ2) is 2.61. The van der Waals surface area contributed by atoms with E-state index in [4.69, 9.17) is 0 Å². The summed E-state index contributed by atoms with van der Waals surface area (Å²) in [6.45, 7) is 0. The summed E-state index contributed by atoms with van der Waals surface area (Å²) in [5.41, 5.74) is 1.10. The van der Waals surface area contributed by atoms with E-state index >= 15 is 0 Å². The van der Waals surface area contributed by atoms with Crippen LogP contribution in [0.4, 0.5) is 0 Å². The third-order valence-electron chi connectivity index (χ3n) is 1.47. The number of rotatable bonds is 1. The first kappa shape index (κ1) is 6.78. The molecular weight excluding hydrogens is 156 g/mol. The van der Waals surface area contributed by atoms with E-state index in [0.29, 0.717) is 5.69 Å². The topological polar surface area (TPSA) is 74.4 Å². The van der Waals surface area contributed by atoms with E-state index in [9.17, 15) is 4.79 Å². The SMILES string of the molecule is O=c1nccc(-c2ccn[nH]2)[nH]1. The van der Waals surface area contributed by atoms with Crippen LogP contribution in [0.2, 0.25) is 0 Å². The van der Waals surface area contributed by atoms with E-state index in [2.05, 4.69) is 20.2 Å². The van der Waals surface area contributed by atoms with Gasteiger partial charge in [-0.1, -0.05) is 0 Å². The summed E-state index contributed by atoms with van der Waals surface area (Å²) in [5, 5.41) is 6.49. The highest BCUT2D eigenvalue weighted by Crippen LogP contribution is 2.08. The maximum absolute atomic E-state index is 10.8. The number of nitrogens with zero attached hydrogens (tertiary/aromatic N) is 2. The van der Waals surface area contributed by atoms with E-state index in [0.717, 1.165) is 5.69 Å². The van der Waals surface area contributed by atoms with Gasteiger partial charge in [0.15, 0.2) is 0 Å². The minimum atomic E-state index is -0.359. The summed E-state index contributed by atoms with van der Waals surface area (Å²) in [4.78, 5) is 16.9. The fourth-order valence-corrected chi connectivity index (χ4v) is 0.932. The fraction of sp³-hybridized carbons (Fsp3) is 0. The molecule has 5 heteroatoms. The molecule has 0 spiro atoms. The maximum Gasteiger partial charge on any atom is 0.345 e. The van der Waals surface area contributed by atoms with Gasteiger partial charge in [0.1, 0.15) is 0 Å². The molecule has 5 nitrogen and oxygen atoms in total. The van der Waals surface area contributed by atoms with Crippen molar-refractivity contribution < 1.29 is 0 Å². The van der Waals surface area contributed by atoms with E-state index in [1.807, 2.05) is 0 Å². The van der Waals surface area contributed by atoms with E-state index in [-0.39, 0.29) is 5.69 Å². The molecule has 0 unspecified atom stereocenters. The zero-order chi connectivity index (χ0) is 8.39. The van der Waals surface area contributed by atoms with Crippen molar-refractivity contribution in [3.05, 3.63) is 35.0 Å². The van der Waals surface area contributed by atoms with Crippen molar-refractivity contribution >= 4 is 0 Å². The zero-order valence-electron chi connectivity index (χ0n) is 6.11. The van der Waals surface area contributed by atoms with Crippen LogP contribution in [0.3, 0.4) is 0 Å². The first-order valence-corrected chi connectivity index (χ1v) is 3.41. The van der Waals surface area contributed by atoms with Gasteiger partial charge >= 0.3 is 5.69 Å². The summed E-state index contributed by atoms with van der Waals surface area (Å²) in [5.74, 6) is 0. The number of hydrogen-bond acceptors (Lipinski definition) is 3. The molecule has 0 aliphatic carbocycles. The highest BCUT2D eigenvalue weighted by atomic mass is 16.1. The molecule has 0 saturated heterocycles. The van der Waals surface area contributed by atoms with E-state index in [1.165, 1.54) is 6.20 Å². The van der Waals surface area contributed by atoms with Crippen molar-refractivity contribution in [3.63, 3.8) is 0 Å². The van der Waals surface area contributed by atoms with Gasteiger partial charge in [-0.05, 0) is 12.1 Å². The Morgan fingerprint density at radius 2 is 2.00 bits per heavy atom. The van der Waals surface area contributed by atoms with Crippen LogP contribution in [0, 0.1) is 0 Å². The van der Waals surface area contributed by atoms with Gasteiger partial charge in [0, 0.05) is 12.4 Å². The fourth-order valence-electron chi connectivity index (χ4n) is 0.932. The summed E-state index contributed by atoms with van der Waals surface area (Å²) in [6.07, 6.45) is 3.07. The van der Waals surface area contributed by atoms with Gasteiger partial charge in [-0.25, -0.2) is 9.78 Å². The predicted octanol–water partition coefficient (Wildman–Crippen LogP) is 0.160. The molecule has 0 bridgehead atoms. The Balaban J connectivity index is 2.55. The molecule has 0 aliphatic heterocycles. The van der Waals surface area contributed by atoms with Crippen molar-refractivity contribution in [2.24, 2.45) is 0 Å². The monoisotopic (exact) mass is 162 g/mol. The molecule has 60 valence electrons. The first-order valence-electron chi connectivity index (χ1n) is 3.41. The van der Waals surface area contributed by atoms with Crippen LogP contribution in [0.1, 0.15) is 0 Å². The Kier molecular flexibility index (Phi) is 1.48. The van der Waals surface area contributed by atoms with Crippen molar-refractivity contribution in [3.8, 4) is 11.4 Å². The standard InChI is InChI=1S/C7H6N4O/c12-7-8-3-1-5(10-7)6-2-4-9-11-6/h1-4H,(H,9,11)(H,8,10,12). The highest BCUT2D eigenvalue weighted by Gasteiger charge is 1.97. The van der Waals surface area contributed by atoms with Crippen LogP contribution in [0.25, 0.3) is 11.4 Å². The Hall–Kier alpha value is -1.91. The summed E-state index contributed by atoms with van der Waals surface area (Å²) in [6, 6.07) is 3.47. The summed E-state index contributed by atoms with van der Waals surface area (Å²) < 4.78 is 0. The third kappa shape index (κ3) is 1.12. The second-order valence-electron chi connectivity index (χ2n) is 2.26. The number of hydrogen-bond donors (Lipinski definition) is 2. The molecule has 2 aromatic rings. The van der Waals surface area contributed by atoms with Gasteiger partial charge in [0.25, 0.3) is 0 Å². The van der Waals surface area contributed by atoms with Gasteiger partial charge in [0.2, 0.25) is 0 Å². The van der Waals surface area contributed by atoms with Crippen molar-refractivity contribution in [1.82, 2.24) is 20.2 Å². The van der Waals surface area contributed by atoms with Crippen LogP contribution in [-0.2, 0) is 0 Å². The quantitative estimate of drug-likeness (QED) is 0.627. The maximum atomic E-state index is 10.8. The third-order valence-corrected chi connectivity index (χ3v) is 1.47. The largest absolute Gasteiger partial charge is 0.345 e. The Bertz CT molecular complexity index is 417. The lowest BCUT2D eigenvalue weighted by molar-refractivity contribution is 1.05. The van der Waals surface area contributed by atoms with Crippen LogP contribution < -0.4 is 5.69 Å². The lowest BCUT2D eigenvalue weighted by atomic mass is 10.3. The van der Waals surface area contributed by atoms with Crippen LogP contribution in [-0.4, -0.2) is 20.2 Å². The van der Waals surface area contributed by atoms with Gasteiger partial charge in [-0.2, -0.15) is 5.10 Å². The molecule has 2 aromatic heterocycles. The average molecular weight is 162 g/mol. The normalized spacial score (nSPS) is 10.0. The number of H-pyrrole nitrogens is 2. The molecule has 12 heavy (non-hydrogen) atoms. The first-order chi connectivity index (χ1) is 5.86. The van der Waals surface area contributed by atoms with Crippen LogP contribution in [0.5, 0.6) is 0 Å². The molecule has 0 atom stereocenters. The highest BCUT2D eigenvalue weighted by molar-refractivity contribution is 5.51. The molecule has 0 aliphatic rings. The average Bonchev–Trinajstić information content (AvgIpc) is 2.56. The molecule has 2 heterocycles. The number of aromatic nitrogens is 4. The Morgan fingerprint density at radius 1 is 1.17 bits per heavy atom. The Labute approximate surface area is 67.5 Å². The van der Waals surface area contributed by atoms with Crippen LogP contribution >= 0.6 is 0 Å². The lowest BCUT2D eigenvalue weighted by Crippen LogP contribution is -2.09. The predicted molar refractivity (Wildman–Crippen MR) is 42.4 cm³/mol. The van der Waals surface area contributed by atoms with Crippen molar-refractivity contribution in [1.29, 1.82) is 0 Å². The number of aromatic amines is 2. The number of nitrogens with one attached hydrogen (secondary N) is 2. The van der Waals surface area contributed by atoms with E-state index in [1.54, 1.807) is 18.3 Å². The van der Waals surface area contributed by atoms with Gasteiger partial charge in [-0.15, -0.1) is 0 Å². The molecule has 0 aromatic carbocycles. The van der Waals surface area contributed by atoms with Gasteiger partial charge in [-0.3, -0.25) is 5.10 Å². The van der Waals surface area contributed by atoms with Gasteiger partial charge < -0.3 is 4.98 Å². The Morgan fingerprint density at radius 3 is 2.67 bits per heavy atom. The summed E-state index contributed by atoms with van der Waals surface area (Å²) in [7, 11) is 0. The lowest BCUT2D eigenvalue weighted by Gasteiger charge is -1.93. The zero-order valence-corrected chi connectivity index (χ0v) is 6.11. The van der Waals surface area contributed by atoms with Gasteiger partial charge in [0.05, 0.1) is 11.4 Å². The molecular formula is C7H6N4O. The molecule has 0 amide bonds. The second-order valence-corrected chi connectivity index (χ2v) is 2.26. The minimum absolute atomic E-state index is 0.359. The summed E-state index contributed by atoms with van der Waals surface area (Å²) >= 11 is 0. The molecule has 2 N–H and O–H groups in total. The van der Waals surface area contributed by atoms with E-state index < -0.39 is 0 Å². The molecule has 0 radical (unpaired) electrons. The smallest absolute Gasteiger partial charge is 0.304 e. The van der Waals surface area contributed by atoms with Crippen molar-refractivity contribution in [2.45, 2.75) is 0 Å². The minimum Gasteiger partial charge on any atom is -0.304 e. The molecule has 2 rings (SSSR count). The molecule has 0 saturated carbocycles. The molecule has 0 fully saturated rings.